The van der Waals surface area contributed by atoms with Gasteiger partial charge in [-0.3, -0.25) is 0 Å². The maximum Gasteiger partial charge on any atom is 0.271 e. The van der Waals surface area contributed by atoms with Crippen molar-refractivity contribution in [3.63, 3.8) is 0 Å². The molecule has 7 nitrogen and oxygen atoms in total. The van der Waals surface area contributed by atoms with Crippen molar-refractivity contribution in [2.75, 3.05) is 13.2 Å². The standard InChI is InChI=1S/C10H15N5O2S/c1-3-4-16-5-7(11)9-12-10(17-14-9)8-6(2)13-15-18-8/h7H,3-5,11H2,1-2H3. The summed E-state index contributed by atoms with van der Waals surface area (Å²) in [5.74, 6) is 0.845. The minimum absolute atomic E-state index is 0.379. The second kappa shape index (κ2) is 5.98. The summed E-state index contributed by atoms with van der Waals surface area (Å²) in [6.45, 7) is 4.94. The third kappa shape index (κ3) is 2.89. The van der Waals surface area contributed by atoms with Crippen molar-refractivity contribution in [2.24, 2.45) is 5.73 Å². The van der Waals surface area contributed by atoms with Crippen LogP contribution in [0.3, 0.4) is 0 Å². The molecule has 2 rings (SSSR count). The molecule has 2 heterocycles. The quantitative estimate of drug-likeness (QED) is 0.789. The first-order valence-electron chi connectivity index (χ1n) is 5.68. The lowest BCUT2D eigenvalue weighted by Crippen LogP contribution is -2.18. The van der Waals surface area contributed by atoms with E-state index in [0.717, 1.165) is 17.0 Å². The van der Waals surface area contributed by atoms with E-state index in [1.807, 2.05) is 13.8 Å². The molecule has 0 spiro atoms. The molecule has 0 fully saturated rings. The van der Waals surface area contributed by atoms with Crippen LogP contribution < -0.4 is 5.73 Å². The van der Waals surface area contributed by atoms with Gasteiger partial charge in [0.05, 0.1) is 18.3 Å². The molecule has 8 heteroatoms. The van der Waals surface area contributed by atoms with E-state index in [9.17, 15) is 0 Å². The Bertz CT molecular complexity index is 498. The van der Waals surface area contributed by atoms with Crippen LogP contribution in [0.4, 0.5) is 0 Å². The fraction of sp³-hybridized carbons (Fsp3) is 0.600. The number of nitrogens with zero attached hydrogens (tertiary/aromatic N) is 4. The van der Waals surface area contributed by atoms with E-state index in [2.05, 4.69) is 19.7 Å². The van der Waals surface area contributed by atoms with Gasteiger partial charge in [0.1, 0.15) is 4.88 Å². The number of hydrogen-bond acceptors (Lipinski definition) is 8. The van der Waals surface area contributed by atoms with Crippen molar-refractivity contribution in [1.29, 1.82) is 0 Å². The first kappa shape index (κ1) is 13.1. The lowest BCUT2D eigenvalue weighted by atomic mass is 10.3. The molecule has 1 unspecified atom stereocenters. The average molecular weight is 269 g/mol. The molecule has 1 atom stereocenters. The Hall–Kier alpha value is -1.38. The van der Waals surface area contributed by atoms with Gasteiger partial charge < -0.3 is 15.0 Å². The fourth-order valence-electron chi connectivity index (χ4n) is 1.33. The van der Waals surface area contributed by atoms with Crippen molar-refractivity contribution in [1.82, 2.24) is 19.7 Å². The van der Waals surface area contributed by atoms with Gasteiger partial charge in [-0.15, -0.1) is 5.10 Å². The predicted octanol–water partition coefficient (Wildman–Crippen LogP) is 1.32. The van der Waals surface area contributed by atoms with E-state index in [1.54, 1.807) is 0 Å². The minimum atomic E-state index is -0.379. The normalized spacial score (nSPS) is 12.8. The number of rotatable bonds is 6. The summed E-state index contributed by atoms with van der Waals surface area (Å²) in [7, 11) is 0. The number of ether oxygens (including phenoxy) is 1. The Morgan fingerprint density at radius 2 is 2.33 bits per heavy atom. The van der Waals surface area contributed by atoms with Crippen LogP contribution in [0.1, 0.15) is 30.9 Å². The fourth-order valence-corrected chi connectivity index (χ4v) is 1.91. The zero-order chi connectivity index (χ0) is 13.0. The summed E-state index contributed by atoms with van der Waals surface area (Å²) in [6, 6.07) is -0.379. The van der Waals surface area contributed by atoms with Crippen LogP contribution in [-0.2, 0) is 4.74 Å². The molecule has 2 aromatic heterocycles. The highest BCUT2D eigenvalue weighted by molar-refractivity contribution is 7.09. The number of aryl methyl sites for hydroxylation is 1. The lowest BCUT2D eigenvalue weighted by molar-refractivity contribution is 0.119. The van der Waals surface area contributed by atoms with E-state index in [-0.39, 0.29) is 6.04 Å². The largest absolute Gasteiger partial charge is 0.379 e. The van der Waals surface area contributed by atoms with Crippen molar-refractivity contribution in [3.8, 4) is 10.8 Å². The van der Waals surface area contributed by atoms with Gasteiger partial charge in [-0.25, -0.2) is 0 Å². The van der Waals surface area contributed by atoms with Gasteiger partial charge >= 0.3 is 0 Å². The monoisotopic (exact) mass is 269 g/mol. The van der Waals surface area contributed by atoms with Crippen molar-refractivity contribution in [2.45, 2.75) is 26.3 Å². The molecule has 2 N–H and O–H groups in total. The molecule has 0 radical (unpaired) electrons. The van der Waals surface area contributed by atoms with E-state index in [0.29, 0.717) is 24.9 Å². The summed E-state index contributed by atoms with van der Waals surface area (Å²) in [5, 5.41) is 7.74. The smallest absolute Gasteiger partial charge is 0.271 e. The zero-order valence-electron chi connectivity index (χ0n) is 10.3. The molecule has 0 saturated heterocycles. The van der Waals surface area contributed by atoms with Gasteiger partial charge in [0.25, 0.3) is 5.89 Å². The first-order valence-corrected chi connectivity index (χ1v) is 6.46. The SMILES string of the molecule is CCCOCC(N)c1noc(-c2snnc2C)n1. The van der Waals surface area contributed by atoms with Crippen LogP contribution in [-0.4, -0.2) is 32.9 Å². The van der Waals surface area contributed by atoms with Crippen LogP contribution in [0.2, 0.25) is 0 Å². The number of aromatic nitrogens is 4. The maximum atomic E-state index is 5.90. The molecular formula is C10H15N5O2S. The summed E-state index contributed by atoms with van der Waals surface area (Å²) < 4.78 is 14.3. The topological polar surface area (TPSA) is 100.0 Å². The molecular weight excluding hydrogens is 254 g/mol. The van der Waals surface area contributed by atoms with E-state index in [4.69, 9.17) is 15.0 Å². The summed E-state index contributed by atoms with van der Waals surface area (Å²) in [6.07, 6.45) is 0.954. The molecule has 18 heavy (non-hydrogen) atoms. The summed E-state index contributed by atoms with van der Waals surface area (Å²) in [4.78, 5) is 5.01. The van der Waals surface area contributed by atoms with Gasteiger partial charge in [-0.2, -0.15) is 4.98 Å². The van der Waals surface area contributed by atoms with Crippen molar-refractivity contribution < 1.29 is 9.26 Å². The molecule has 0 bridgehead atoms. The van der Waals surface area contributed by atoms with Crippen LogP contribution in [0.15, 0.2) is 4.52 Å². The Balaban J connectivity index is 2.04. The molecule has 0 aliphatic rings. The Morgan fingerprint density at radius 1 is 1.50 bits per heavy atom. The van der Waals surface area contributed by atoms with Gasteiger partial charge in [0.2, 0.25) is 0 Å². The third-order valence-electron chi connectivity index (χ3n) is 2.27. The maximum absolute atomic E-state index is 5.90. The average Bonchev–Trinajstić information content (AvgIpc) is 2.97. The molecule has 2 aromatic rings. The second-order valence-electron chi connectivity index (χ2n) is 3.83. The van der Waals surface area contributed by atoms with Crippen molar-refractivity contribution >= 4 is 11.5 Å². The first-order chi connectivity index (χ1) is 8.72. The minimum Gasteiger partial charge on any atom is -0.379 e. The molecule has 0 aliphatic carbocycles. The molecule has 98 valence electrons. The zero-order valence-corrected chi connectivity index (χ0v) is 11.1. The highest BCUT2D eigenvalue weighted by atomic mass is 32.1. The van der Waals surface area contributed by atoms with Crippen LogP contribution >= 0.6 is 11.5 Å². The third-order valence-corrected chi connectivity index (χ3v) is 3.08. The van der Waals surface area contributed by atoms with Gasteiger partial charge in [-0.1, -0.05) is 16.6 Å². The Kier molecular flexibility index (Phi) is 4.34. The van der Waals surface area contributed by atoms with Crippen LogP contribution in [0.25, 0.3) is 10.8 Å². The lowest BCUT2D eigenvalue weighted by Gasteiger charge is -2.06. The number of hydrogen-bond donors (Lipinski definition) is 1. The van der Waals surface area contributed by atoms with Crippen molar-refractivity contribution in [3.05, 3.63) is 11.5 Å². The summed E-state index contributed by atoms with van der Waals surface area (Å²) in [5.41, 5.74) is 6.67. The molecule has 0 aromatic carbocycles. The molecule has 0 amide bonds. The molecule has 0 aliphatic heterocycles. The van der Waals surface area contributed by atoms with E-state index in [1.165, 1.54) is 11.5 Å². The summed E-state index contributed by atoms with van der Waals surface area (Å²) >= 11 is 1.22. The van der Waals surface area contributed by atoms with Gasteiger partial charge in [-0.05, 0) is 24.9 Å². The number of nitrogens with two attached hydrogens (primary N) is 1. The highest BCUT2D eigenvalue weighted by Gasteiger charge is 2.18. The second-order valence-corrected chi connectivity index (χ2v) is 4.58. The van der Waals surface area contributed by atoms with Crippen LogP contribution in [0, 0.1) is 6.92 Å². The predicted molar refractivity (Wildman–Crippen MR) is 66.0 cm³/mol. The molecule has 0 saturated carbocycles. The van der Waals surface area contributed by atoms with Gasteiger partial charge in [0, 0.05) is 6.61 Å². The Labute approximate surface area is 109 Å². The van der Waals surface area contributed by atoms with Crippen LogP contribution in [0.5, 0.6) is 0 Å². The van der Waals surface area contributed by atoms with E-state index >= 15 is 0 Å². The van der Waals surface area contributed by atoms with Gasteiger partial charge in [0.15, 0.2) is 5.82 Å². The highest BCUT2D eigenvalue weighted by Crippen LogP contribution is 2.24. The van der Waals surface area contributed by atoms with E-state index < -0.39 is 0 Å². The Morgan fingerprint density at radius 3 is 3.00 bits per heavy atom.